The number of fused-ring (bicyclic) bond motifs is 1. The predicted octanol–water partition coefficient (Wildman–Crippen LogP) is 6.53. The van der Waals surface area contributed by atoms with E-state index in [0.29, 0.717) is 35.1 Å². The van der Waals surface area contributed by atoms with Gasteiger partial charge in [-0.05, 0) is 88.9 Å². The molecule has 248 valence electrons. The Hall–Kier alpha value is -3.97. The molecule has 1 aromatic carbocycles. The lowest BCUT2D eigenvalue weighted by Crippen LogP contribution is -2.39. The summed E-state index contributed by atoms with van der Waals surface area (Å²) in [6, 6.07) is 5.66. The largest absolute Gasteiger partial charge is 0.351 e. The molecular weight excluding hydrogens is 617 g/mol. The van der Waals surface area contributed by atoms with Crippen molar-refractivity contribution in [2.24, 2.45) is 0 Å². The topological polar surface area (TPSA) is 109 Å². The third-order valence-electron chi connectivity index (χ3n) is 8.13. The summed E-state index contributed by atoms with van der Waals surface area (Å²) in [5.74, 6) is -1.70. The molecular formula is C33H41F3N6O3S. The van der Waals surface area contributed by atoms with Crippen LogP contribution in [0.3, 0.4) is 0 Å². The Morgan fingerprint density at radius 2 is 1.91 bits per heavy atom. The molecule has 2 N–H and O–H groups in total. The zero-order valence-corrected chi connectivity index (χ0v) is 27.4. The van der Waals surface area contributed by atoms with E-state index in [0.717, 1.165) is 37.8 Å². The van der Waals surface area contributed by atoms with Gasteiger partial charge in [-0.3, -0.25) is 14.1 Å². The van der Waals surface area contributed by atoms with E-state index in [2.05, 4.69) is 26.5 Å². The minimum absolute atomic E-state index is 0.154. The van der Waals surface area contributed by atoms with Crippen LogP contribution in [0.5, 0.6) is 0 Å². The second-order valence-corrected chi connectivity index (χ2v) is 13.5. The zero-order chi connectivity index (χ0) is 33.6. The van der Waals surface area contributed by atoms with Crippen LogP contribution in [-0.4, -0.2) is 66.0 Å². The lowest BCUT2D eigenvalue weighted by molar-refractivity contribution is 0.174. The smallest absolute Gasteiger partial charge is 0.260 e. The average molecular weight is 659 g/mol. The van der Waals surface area contributed by atoms with Crippen LogP contribution in [0.1, 0.15) is 52.5 Å². The fourth-order valence-electron chi connectivity index (χ4n) is 5.65. The molecule has 0 aliphatic heterocycles. The third kappa shape index (κ3) is 8.64. The highest BCUT2D eigenvalue weighted by Gasteiger charge is 2.25. The highest BCUT2D eigenvalue weighted by molar-refractivity contribution is 7.92. The van der Waals surface area contributed by atoms with Crippen molar-refractivity contribution in [3.05, 3.63) is 82.8 Å². The van der Waals surface area contributed by atoms with E-state index in [1.165, 1.54) is 28.9 Å². The summed E-state index contributed by atoms with van der Waals surface area (Å²) in [4.78, 5) is 25.0. The monoisotopic (exact) mass is 658 g/mol. The quantitative estimate of drug-likeness (QED) is 0.201. The van der Waals surface area contributed by atoms with Gasteiger partial charge >= 0.3 is 0 Å². The first-order chi connectivity index (χ1) is 21.8. The number of sulfonamides is 1. The van der Waals surface area contributed by atoms with Crippen LogP contribution < -0.4 is 15.6 Å². The molecule has 13 heteroatoms. The van der Waals surface area contributed by atoms with Crippen molar-refractivity contribution in [1.82, 2.24) is 19.4 Å². The Balaban J connectivity index is 1.57. The van der Waals surface area contributed by atoms with E-state index in [-0.39, 0.29) is 41.1 Å². The maximum absolute atomic E-state index is 15.2. The standard InChI is InChI=1S/C33H41F3N6O3S/c1-6-23(8-7-22(4)35)20-46(44,45)40-30-14-9-24(18-29(30)36)28-17-25-19-37-33(39-31(25)42(21(2)3)32(28)43)38-26-10-12-27(13-11-26)41(5)16-15-34/h6-9,14,17-19,21,26-27,40H,4,10-13,15-16,20H2,1-3,5H3,(H,37,38,39)/b8-7-,23-6+. The van der Waals surface area contributed by atoms with Gasteiger partial charge in [0, 0.05) is 41.8 Å². The summed E-state index contributed by atoms with van der Waals surface area (Å²) in [6.45, 7) is 8.48. The Labute approximate surface area is 268 Å². The molecule has 0 radical (unpaired) electrons. The zero-order valence-electron chi connectivity index (χ0n) is 26.6. The molecule has 1 saturated carbocycles. The molecule has 9 nitrogen and oxygen atoms in total. The summed E-state index contributed by atoms with van der Waals surface area (Å²) in [5, 5.41) is 3.97. The molecule has 0 spiro atoms. The first-order valence-electron chi connectivity index (χ1n) is 15.2. The number of benzene rings is 1. The van der Waals surface area contributed by atoms with Gasteiger partial charge in [0.2, 0.25) is 16.0 Å². The number of alkyl halides is 1. The Morgan fingerprint density at radius 3 is 2.52 bits per heavy atom. The third-order valence-corrected chi connectivity index (χ3v) is 9.38. The highest BCUT2D eigenvalue weighted by Crippen LogP contribution is 2.28. The van der Waals surface area contributed by atoms with Crippen LogP contribution in [-0.2, 0) is 10.0 Å². The van der Waals surface area contributed by atoms with E-state index >= 15 is 4.39 Å². The van der Waals surface area contributed by atoms with Crippen molar-refractivity contribution >= 4 is 32.7 Å². The minimum Gasteiger partial charge on any atom is -0.351 e. The molecule has 0 unspecified atom stereocenters. The number of anilines is 2. The number of nitrogens with zero attached hydrogens (tertiary/aromatic N) is 4. The van der Waals surface area contributed by atoms with Crippen molar-refractivity contribution in [2.45, 2.75) is 64.6 Å². The second kappa shape index (κ2) is 15.1. The van der Waals surface area contributed by atoms with Gasteiger partial charge in [-0.1, -0.05) is 24.8 Å². The first-order valence-corrected chi connectivity index (χ1v) is 16.9. The summed E-state index contributed by atoms with van der Waals surface area (Å²) in [6.07, 6.45) is 9.09. The first kappa shape index (κ1) is 34.9. The molecule has 46 heavy (non-hydrogen) atoms. The number of nitrogens with one attached hydrogen (secondary N) is 2. The molecule has 2 heterocycles. The van der Waals surface area contributed by atoms with E-state index in [9.17, 15) is 22.0 Å². The molecule has 4 rings (SSSR count). The van der Waals surface area contributed by atoms with Gasteiger partial charge in [-0.15, -0.1) is 0 Å². The number of pyridine rings is 1. The Bertz CT molecular complexity index is 1800. The van der Waals surface area contributed by atoms with Crippen LogP contribution in [0.4, 0.5) is 24.8 Å². The SMILES string of the molecule is C=C(F)/C=C\C(=C/C)CS(=O)(=O)Nc1ccc(-c2cc3cnc(NC4CCC(N(C)CCF)CC4)nc3n(C(C)C)c2=O)cc1F. The maximum atomic E-state index is 15.2. The number of hydrogen-bond acceptors (Lipinski definition) is 7. The van der Waals surface area contributed by atoms with Gasteiger partial charge in [-0.2, -0.15) is 4.98 Å². The number of allylic oxidation sites excluding steroid dienone is 4. The van der Waals surface area contributed by atoms with E-state index in [1.54, 1.807) is 19.2 Å². The lowest BCUT2D eigenvalue weighted by atomic mass is 9.90. The number of rotatable bonds is 13. The molecule has 0 bridgehead atoms. The van der Waals surface area contributed by atoms with Gasteiger partial charge in [0.15, 0.2) is 0 Å². The highest BCUT2D eigenvalue weighted by atomic mass is 32.2. The fourth-order valence-corrected chi connectivity index (χ4v) is 6.92. The molecule has 3 aromatic rings. The second-order valence-electron chi connectivity index (χ2n) is 11.8. The molecule has 2 aromatic heterocycles. The van der Waals surface area contributed by atoms with Crippen LogP contribution in [0, 0.1) is 5.82 Å². The summed E-state index contributed by atoms with van der Waals surface area (Å²) < 4.78 is 70.1. The van der Waals surface area contributed by atoms with Crippen molar-refractivity contribution < 1.29 is 21.6 Å². The fraction of sp³-hybridized carbons (Fsp3) is 0.424. The number of aromatic nitrogens is 3. The molecule has 1 aliphatic carbocycles. The van der Waals surface area contributed by atoms with Gasteiger partial charge in [0.1, 0.15) is 24.0 Å². The van der Waals surface area contributed by atoms with Crippen molar-refractivity contribution in [3.63, 3.8) is 0 Å². The van der Waals surface area contributed by atoms with Crippen LogP contribution in [0.25, 0.3) is 22.2 Å². The minimum atomic E-state index is -4.04. The Kier molecular flexibility index (Phi) is 11.4. The van der Waals surface area contributed by atoms with Crippen molar-refractivity contribution in [1.29, 1.82) is 0 Å². The van der Waals surface area contributed by atoms with Gasteiger partial charge in [0.25, 0.3) is 5.56 Å². The van der Waals surface area contributed by atoms with Crippen LogP contribution >= 0.6 is 0 Å². The number of halogens is 3. The molecule has 0 atom stereocenters. The molecule has 1 fully saturated rings. The van der Waals surface area contributed by atoms with E-state index in [1.807, 2.05) is 20.9 Å². The van der Waals surface area contributed by atoms with Gasteiger partial charge in [0.05, 0.1) is 11.4 Å². The normalized spacial score (nSPS) is 17.7. The average Bonchev–Trinajstić information content (AvgIpc) is 3.00. The molecule has 1 aliphatic rings. The van der Waals surface area contributed by atoms with Gasteiger partial charge in [-0.25, -0.2) is 26.6 Å². The Morgan fingerprint density at radius 1 is 1.20 bits per heavy atom. The van der Waals surface area contributed by atoms with Crippen LogP contribution in [0.2, 0.25) is 0 Å². The van der Waals surface area contributed by atoms with Gasteiger partial charge < -0.3 is 10.2 Å². The summed E-state index contributed by atoms with van der Waals surface area (Å²) >= 11 is 0. The molecule has 0 amide bonds. The van der Waals surface area contributed by atoms with Crippen LogP contribution in [0.15, 0.2) is 71.5 Å². The van der Waals surface area contributed by atoms with E-state index < -0.39 is 27.4 Å². The maximum Gasteiger partial charge on any atom is 0.260 e. The van der Waals surface area contributed by atoms with Crippen molar-refractivity contribution in [2.75, 3.05) is 36.1 Å². The lowest BCUT2D eigenvalue weighted by Gasteiger charge is -2.34. The summed E-state index contributed by atoms with van der Waals surface area (Å²) in [5.41, 5.74) is 0.534. The predicted molar refractivity (Wildman–Crippen MR) is 178 cm³/mol. The number of hydrogen-bond donors (Lipinski definition) is 2. The van der Waals surface area contributed by atoms with Crippen molar-refractivity contribution in [3.8, 4) is 11.1 Å². The van der Waals surface area contributed by atoms with E-state index in [4.69, 9.17) is 4.98 Å². The summed E-state index contributed by atoms with van der Waals surface area (Å²) in [7, 11) is -2.09. The molecule has 0 saturated heterocycles.